The first-order valence-corrected chi connectivity index (χ1v) is 10.0. The van der Waals surface area contributed by atoms with E-state index >= 15 is 0 Å². The quantitative estimate of drug-likeness (QED) is 0.493. The number of esters is 1. The average molecular weight is 403 g/mol. The Morgan fingerprint density at radius 1 is 0.867 bits per heavy atom. The monoisotopic (exact) mass is 403 g/mol. The Hall–Kier alpha value is -3.60. The highest BCUT2D eigenvalue weighted by Gasteiger charge is 2.18. The van der Waals surface area contributed by atoms with E-state index in [1.807, 2.05) is 48.5 Å². The van der Waals surface area contributed by atoms with Crippen molar-refractivity contribution in [1.82, 2.24) is 5.32 Å². The molecule has 0 saturated heterocycles. The largest absolute Gasteiger partial charge is 0.456 e. The summed E-state index contributed by atoms with van der Waals surface area (Å²) in [5.74, 6) is 0.0403. The van der Waals surface area contributed by atoms with Crippen LogP contribution in [0, 0.1) is 0 Å². The highest BCUT2D eigenvalue weighted by molar-refractivity contribution is 5.94. The summed E-state index contributed by atoms with van der Waals surface area (Å²) in [6.45, 7) is 1.71. The molecule has 0 saturated carbocycles. The third-order valence-corrected chi connectivity index (χ3v) is 4.53. The van der Waals surface area contributed by atoms with Crippen molar-refractivity contribution >= 4 is 11.9 Å². The first kappa shape index (κ1) is 21.1. The van der Waals surface area contributed by atoms with E-state index in [1.165, 1.54) is 0 Å². The minimum atomic E-state index is -0.608. The van der Waals surface area contributed by atoms with E-state index in [4.69, 9.17) is 9.47 Å². The van der Waals surface area contributed by atoms with E-state index in [9.17, 15) is 9.59 Å². The zero-order valence-electron chi connectivity index (χ0n) is 16.9. The maximum Gasteiger partial charge on any atom is 0.342 e. The first-order valence-electron chi connectivity index (χ1n) is 10.0. The van der Waals surface area contributed by atoms with Gasteiger partial charge >= 0.3 is 5.97 Å². The standard InChI is InChI=1S/C25H25NO4/c1-2-11-22(19-12-5-3-6-13-19)26-24(27)18-29-25(28)21-16-9-10-17-23(21)30-20-14-7-4-8-15-20/h3-10,12-17,22H,2,11,18H2,1H3,(H,26,27)/t22-/m0/s1. The van der Waals surface area contributed by atoms with Crippen molar-refractivity contribution < 1.29 is 19.1 Å². The molecule has 1 N–H and O–H groups in total. The van der Waals surface area contributed by atoms with Gasteiger partial charge in [0.1, 0.15) is 17.1 Å². The molecule has 3 rings (SSSR count). The Bertz CT molecular complexity index is 957. The minimum absolute atomic E-state index is 0.115. The number of carbonyl (C=O) groups excluding carboxylic acids is 2. The molecule has 0 fully saturated rings. The van der Waals surface area contributed by atoms with Gasteiger partial charge in [-0.3, -0.25) is 4.79 Å². The zero-order chi connectivity index (χ0) is 21.2. The van der Waals surface area contributed by atoms with Crippen molar-refractivity contribution in [1.29, 1.82) is 0 Å². The highest BCUT2D eigenvalue weighted by atomic mass is 16.5. The molecule has 3 aromatic rings. The van der Waals surface area contributed by atoms with Crippen molar-refractivity contribution in [2.45, 2.75) is 25.8 Å². The first-order chi connectivity index (χ1) is 14.7. The Morgan fingerprint density at radius 3 is 2.20 bits per heavy atom. The van der Waals surface area contributed by atoms with Crippen LogP contribution in [-0.4, -0.2) is 18.5 Å². The third-order valence-electron chi connectivity index (χ3n) is 4.53. The number of benzene rings is 3. The van der Waals surface area contributed by atoms with Gasteiger partial charge in [0.15, 0.2) is 6.61 Å². The molecule has 5 nitrogen and oxygen atoms in total. The fourth-order valence-corrected chi connectivity index (χ4v) is 3.08. The summed E-state index contributed by atoms with van der Waals surface area (Å²) in [6.07, 6.45) is 1.72. The number of hydrogen-bond acceptors (Lipinski definition) is 4. The summed E-state index contributed by atoms with van der Waals surface area (Å²) >= 11 is 0. The van der Waals surface area contributed by atoms with Crippen molar-refractivity contribution in [3.05, 3.63) is 96.1 Å². The molecule has 30 heavy (non-hydrogen) atoms. The van der Waals surface area contributed by atoms with Crippen LogP contribution in [0.25, 0.3) is 0 Å². The number of hydrogen-bond donors (Lipinski definition) is 1. The number of rotatable bonds is 9. The van der Waals surface area contributed by atoms with Gasteiger partial charge in [-0.05, 0) is 36.2 Å². The van der Waals surface area contributed by atoms with E-state index in [2.05, 4.69) is 12.2 Å². The molecular formula is C25H25NO4. The molecule has 0 aliphatic carbocycles. The lowest BCUT2D eigenvalue weighted by Gasteiger charge is -2.18. The van der Waals surface area contributed by atoms with Crippen LogP contribution in [0.1, 0.15) is 41.7 Å². The maximum atomic E-state index is 12.6. The SMILES string of the molecule is CCC[C@H](NC(=O)COC(=O)c1ccccc1Oc1ccccc1)c1ccccc1. The molecule has 0 aliphatic heterocycles. The van der Waals surface area contributed by atoms with Crippen LogP contribution in [0.15, 0.2) is 84.9 Å². The van der Waals surface area contributed by atoms with Crippen molar-refractivity contribution in [3.63, 3.8) is 0 Å². The second kappa shape index (κ2) is 10.8. The number of ether oxygens (including phenoxy) is 2. The molecule has 0 aliphatic rings. The van der Waals surface area contributed by atoms with Gasteiger partial charge in [0.25, 0.3) is 5.91 Å². The summed E-state index contributed by atoms with van der Waals surface area (Å²) < 4.78 is 11.0. The average Bonchev–Trinajstić information content (AvgIpc) is 2.79. The maximum absolute atomic E-state index is 12.6. The van der Waals surface area contributed by atoms with Crippen LogP contribution in [0.2, 0.25) is 0 Å². The summed E-state index contributed by atoms with van der Waals surface area (Å²) in [4.78, 5) is 25.0. The summed E-state index contributed by atoms with van der Waals surface area (Å²) in [6, 6.07) is 25.6. The zero-order valence-corrected chi connectivity index (χ0v) is 16.9. The number of amides is 1. The van der Waals surface area contributed by atoms with Crippen LogP contribution in [0.4, 0.5) is 0 Å². The molecule has 0 spiro atoms. The van der Waals surface area contributed by atoms with Gasteiger partial charge in [-0.25, -0.2) is 4.79 Å². The lowest BCUT2D eigenvalue weighted by Crippen LogP contribution is -2.32. The van der Waals surface area contributed by atoms with Crippen LogP contribution in [-0.2, 0) is 9.53 Å². The fraction of sp³-hybridized carbons (Fsp3) is 0.200. The van der Waals surface area contributed by atoms with Crippen molar-refractivity contribution in [3.8, 4) is 11.5 Å². The van der Waals surface area contributed by atoms with E-state index in [0.29, 0.717) is 11.5 Å². The Kier molecular flexibility index (Phi) is 7.61. The van der Waals surface area contributed by atoms with E-state index in [0.717, 1.165) is 18.4 Å². The second-order valence-corrected chi connectivity index (χ2v) is 6.81. The van der Waals surface area contributed by atoms with Gasteiger partial charge in [-0.1, -0.05) is 74.0 Å². The highest BCUT2D eigenvalue weighted by Crippen LogP contribution is 2.25. The number of para-hydroxylation sites is 2. The Labute approximate surface area is 176 Å². The third kappa shape index (κ3) is 5.95. The van der Waals surface area contributed by atoms with Gasteiger partial charge in [0.05, 0.1) is 6.04 Å². The van der Waals surface area contributed by atoms with Crippen LogP contribution < -0.4 is 10.1 Å². The molecule has 1 amide bonds. The molecule has 3 aromatic carbocycles. The summed E-state index contributed by atoms with van der Waals surface area (Å²) in [5, 5.41) is 2.95. The number of carbonyl (C=O) groups is 2. The van der Waals surface area contributed by atoms with Gasteiger partial charge in [-0.2, -0.15) is 0 Å². The van der Waals surface area contributed by atoms with Crippen molar-refractivity contribution in [2.24, 2.45) is 0 Å². The topological polar surface area (TPSA) is 64.6 Å². The van der Waals surface area contributed by atoms with Crippen molar-refractivity contribution in [2.75, 3.05) is 6.61 Å². The normalized spacial score (nSPS) is 11.4. The molecule has 0 radical (unpaired) electrons. The Morgan fingerprint density at radius 2 is 1.50 bits per heavy atom. The minimum Gasteiger partial charge on any atom is -0.456 e. The molecule has 5 heteroatoms. The van der Waals surface area contributed by atoms with Gasteiger partial charge in [0, 0.05) is 0 Å². The van der Waals surface area contributed by atoms with Crippen LogP contribution >= 0.6 is 0 Å². The number of nitrogens with one attached hydrogen (secondary N) is 1. The summed E-state index contributed by atoms with van der Waals surface area (Å²) in [7, 11) is 0. The Balaban J connectivity index is 1.60. The molecule has 0 unspecified atom stereocenters. The lowest BCUT2D eigenvalue weighted by molar-refractivity contribution is -0.125. The molecular weight excluding hydrogens is 378 g/mol. The molecule has 0 aromatic heterocycles. The second-order valence-electron chi connectivity index (χ2n) is 6.81. The van der Waals surface area contributed by atoms with E-state index < -0.39 is 5.97 Å². The van der Waals surface area contributed by atoms with Crippen LogP contribution in [0.5, 0.6) is 11.5 Å². The molecule has 1 atom stereocenters. The lowest BCUT2D eigenvalue weighted by atomic mass is 10.0. The van der Waals surface area contributed by atoms with Gasteiger partial charge in [-0.15, -0.1) is 0 Å². The summed E-state index contributed by atoms with van der Waals surface area (Å²) in [5.41, 5.74) is 1.29. The molecule has 0 bridgehead atoms. The van der Waals surface area contributed by atoms with Crippen LogP contribution in [0.3, 0.4) is 0 Å². The van der Waals surface area contributed by atoms with E-state index in [-0.39, 0.29) is 24.1 Å². The fourth-order valence-electron chi connectivity index (χ4n) is 3.08. The predicted octanol–water partition coefficient (Wildman–Crippen LogP) is 5.29. The van der Waals surface area contributed by atoms with E-state index in [1.54, 1.807) is 36.4 Å². The predicted molar refractivity (Wildman–Crippen MR) is 115 cm³/mol. The smallest absolute Gasteiger partial charge is 0.342 e. The molecule has 0 heterocycles. The molecule has 154 valence electrons. The van der Waals surface area contributed by atoms with Gasteiger partial charge < -0.3 is 14.8 Å². The van der Waals surface area contributed by atoms with Gasteiger partial charge in [0.2, 0.25) is 0 Å².